The van der Waals surface area contributed by atoms with E-state index in [0.717, 1.165) is 0 Å². The van der Waals surface area contributed by atoms with Crippen LogP contribution in [0, 0.1) is 18.3 Å². The highest BCUT2D eigenvalue weighted by Gasteiger charge is 2.13. The van der Waals surface area contributed by atoms with Gasteiger partial charge in [-0.05, 0) is 31.2 Å². The Morgan fingerprint density at radius 2 is 2.10 bits per heavy atom. The van der Waals surface area contributed by atoms with Crippen LogP contribution in [0.4, 0.5) is 5.69 Å². The summed E-state index contributed by atoms with van der Waals surface area (Å²) in [5.74, 6) is 0.531. The summed E-state index contributed by atoms with van der Waals surface area (Å²) in [5.41, 5.74) is 0.242. The van der Waals surface area contributed by atoms with Crippen molar-refractivity contribution in [3.05, 3.63) is 57.5 Å². The number of furan rings is 1. The fourth-order valence-corrected chi connectivity index (χ4v) is 1.96. The van der Waals surface area contributed by atoms with Crippen molar-refractivity contribution in [3.8, 4) is 6.07 Å². The Hall–Kier alpha value is -2.22. The summed E-state index contributed by atoms with van der Waals surface area (Å²) in [6.07, 6.45) is 1.36. The van der Waals surface area contributed by atoms with Crippen LogP contribution in [0.25, 0.3) is 6.08 Å². The van der Waals surface area contributed by atoms with Crippen molar-refractivity contribution >= 4 is 40.9 Å². The minimum absolute atomic E-state index is 0.0969. The van der Waals surface area contributed by atoms with Crippen molar-refractivity contribution in [3.63, 3.8) is 0 Å². The average Bonchev–Trinajstić information content (AvgIpc) is 2.86. The molecule has 2 aromatic rings. The first kappa shape index (κ1) is 15.2. The Labute approximate surface area is 131 Å². The molecule has 21 heavy (non-hydrogen) atoms. The minimum Gasteiger partial charge on any atom is -0.462 e. The van der Waals surface area contributed by atoms with Crippen LogP contribution >= 0.6 is 23.2 Å². The first-order valence-electron chi connectivity index (χ1n) is 5.95. The number of carbonyl (C=O) groups is 1. The number of nitrogens with one attached hydrogen (secondary N) is 1. The standard InChI is InChI=1S/C15H10Cl2N2O2/c1-9-5-6-11(21-9)7-10(8-18)15(20)19-13-4-2-3-12(16)14(13)17/h2-7H,1H3,(H,19,20)/b10-7+. The zero-order chi connectivity index (χ0) is 15.4. The first-order valence-corrected chi connectivity index (χ1v) is 6.70. The summed E-state index contributed by atoms with van der Waals surface area (Å²) in [4.78, 5) is 12.1. The van der Waals surface area contributed by atoms with E-state index in [1.54, 1.807) is 37.3 Å². The summed E-state index contributed by atoms with van der Waals surface area (Å²) in [6.45, 7) is 1.77. The second-order valence-corrected chi connectivity index (χ2v) is 4.96. The number of aryl methyl sites for hydroxylation is 1. The molecule has 0 unspecified atom stereocenters. The fourth-order valence-electron chi connectivity index (χ4n) is 1.61. The van der Waals surface area contributed by atoms with Gasteiger partial charge in [-0.2, -0.15) is 5.26 Å². The van der Waals surface area contributed by atoms with Crippen LogP contribution in [0.5, 0.6) is 0 Å². The molecule has 1 aromatic carbocycles. The molecule has 0 saturated heterocycles. The van der Waals surface area contributed by atoms with Gasteiger partial charge < -0.3 is 9.73 Å². The molecule has 0 bridgehead atoms. The Morgan fingerprint density at radius 1 is 1.33 bits per heavy atom. The number of amides is 1. The van der Waals surface area contributed by atoms with Crippen LogP contribution < -0.4 is 5.32 Å². The van der Waals surface area contributed by atoms with Crippen molar-refractivity contribution in [1.29, 1.82) is 5.26 Å². The number of carbonyl (C=O) groups excluding carboxylic acids is 1. The van der Waals surface area contributed by atoms with Gasteiger partial charge in [0.15, 0.2) is 0 Å². The van der Waals surface area contributed by atoms with Crippen molar-refractivity contribution in [2.75, 3.05) is 5.32 Å². The van der Waals surface area contributed by atoms with E-state index in [9.17, 15) is 4.79 Å². The Balaban J connectivity index is 2.24. The molecule has 0 spiro atoms. The molecule has 2 rings (SSSR count). The monoisotopic (exact) mass is 320 g/mol. The lowest BCUT2D eigenvalue weighted by molar-refractivity contribution is -0.112. The highest BCUT2D eigenvalue weighted by atomic mass is 35.5. The third-order valence-corrected chi connectivity index (χ3v) is 3.43. The van der Waals surface area contributed by atoms with Gasteiger partial charge in [-0.3, -0.25) is 4.79 Å². The summed E-state index contributed by atoms with van der Waals surface area (Å²) in [7, 11) is 0. The number of rotatable bonds is 3. The van der Waals surface area contributed by atoms with Gasteiger partial charge in [-0.1, -0.05) is 29.3 Å². The van der Waals surface area contributed by atoms with Gasteiger partial charge in [0.05, 0.1) is 15.7 Å². The predicted octanol–water partition coefficient (Wildman–Crippen LogP) is 4.44. The molecular weight excluding hydrogens is 311 g/mol. The second-order valence-electron chi connectivity index (χ2n) is 4.17. The summed E-state index contributed by atoms with van der Waals surface area (Å²) >= 11 is 11.8. The first-order chi connectivity index (χ1) is 10.0. The minimum atomic E-state index is -0.587. The predicted molar refractivity (Wildman–Crippen MR) is 82.1 cm³/mol. The second kappa shape index (κ2) is 6.49. The van der Waals surface area contributed by atoms with Crippen molar-refractivity contribution in [2.45, 2.75) is 6.92 Å². The molecule has 1 aromatic heterocycles. The highest BCUT2D eigenvalue weighted by Crippen LogP contribution is 2.29. The number of nitriles is 1. The van der Waals surface area contributed by atoms with Crippen molar-refractivity contribution in [1.82, 2.24) is 0 Å². The summed E-state index contributed by atoms with van der Waals surface area (Å²) in [5, 5.41) is 12.2. The topological polar surface area (TPSA) is 66.0 Å². The van der Waals surface area contributed by atoms with Gasteiger partial charge in [-0.25, -0.2) is 0 Å². The maximum Gasteiger partial charge on any atom is 0.266 e. The summed E-state index contributed by atoms with van der Waals surface area (Å²) in [6, 6.07) is 10.1. The molecule has 0 saturated carbocycles. The van der Waals surface area contributed by atoms with Gasteiger partial charge in [0.25, 0.3) is 5.91 Å². The SMILES string of the molecule is Cc1ccc(/C=C(\C#N)C(=O)Nc2cccc(Cl)c2Cl)o1. The van der Waals surface area contributed by atoms with Crippen LogP contribution in [0.3, 0.4) is 0 Å². The number of nitrogens with zero attached hydrogens (tertiary/aromatic N) is 1. The lowest BCUT2D eigenvalue weighted by Gasteiger charge is -2.07. The third-order valence-electron chi connectivity index (χ3n) is 2.61. The number of hydrogen-bond acceptors (Lipinski definition) is 3. The normalized spacial score (nSPS) is 11.0. The molecular formula is C15H10Cl2N2O2. The molecule has 4 nitrogen and oxygen atoms in total. The quantitative estimate of drug-likeness (QED) is 0.671. The molecule has 0 aliphatic carbocycles. The largest absolute Gasteiger partial charge is 0.462 e. The van der Waals surface area contributed by atoms with E-state index in [2.05, 4.69) is 5.32 Å². The molecule has 0 aliphatic rings. The molecule has 6 heteroatoms. The lowest BCUT2D eigenvalue weighted by Crippen LogP contribution is -2.13. The van der Waals surface area contributed by atoms with E-state index in [1.165, 1.54) is 6.08 Å². The molecule has 0 fully saturated rings. The molecule has 0 aliphatic heterocycles. The van der Waals surface area contributed by atoms with E-state index in [-0.39, 0.29) is 10.6 Å². The van der Waals surface area contributed by atoms with E-state index in [1.807, 2.05) is 6.07 Å². The fraction of sp³-hybridized carbons (Fsp3) is 0.0667. The Morgan fingerprint density at radius 3 is 2.71 bits per heavy atom. The number of anilines is 1. The molecule has 1 N–H and O–H groups in total. The van der Waals surface area contributed by atoms with Gasteiger partial charge >= 0.3 is 0 Å². The smallest absolute Gasteiger partial charge is 0.266 e. The Kier molecular flexibility index (Phi) is 4.69. The zero-order valence-corrected chi connectivity index (χ0v) is 12.5. The van der Waals surface area contributed by atoms with E-state index < -0.39 is 5.91 Å². The van der Waals surface area contributed by atoms with Crippen LogP contribution in [0.1, 0.15) is 11.5 Å². The van der Waals surface area contributed by atoms with Crippen LogP contribution in [-0.2, 0) is 4.79 Å². The molecule has 1 heterocycles. The molecule has 0 radical (unpaired) electrons. The van der Waals surface area contributed by atoms with Gasteiger partial charge in [0, 0.05) is 6.08 Å². The zero-order valence-electron chi connectivity index (χ0n) is 11.0. The maximum absolute atomic E-state index is 12.1. The average molecular weight is 321 g/mol. The van der Waals surface area contributed by atoms with Gasteiger partial charge in [0.1, 0.15) is 23.2 Å². The van der Waals surface area contributed by atoms with Crippen LogP contribution in [-0.4, -0.2) is 5.91 Å². The lowest BCUT2D eigenvalue weighted by atomic mass is 10.2. The number of hydrogen-bond donors (Lipinski definition) is 1. The number of benzene rings is 1. The Bertz CT molecular complexity index is 757. The van der Waals surface area contributed by atoms with Gasteiger partial charge in [-0.15, -0.1) is 0 Å². The van der Waals surface area contributed by atoms with E-state index >= 15 is 0 Å². The molecule has 1 amide bonds. The third kappa shape index (κ3) is 3.66. The number of halogens is 2. The van der Waals surface area contributed by atoms with Crippen LogP contribution in [0.15, 0.2) is 40.3 Å². The molecule has 106 valence electrons. The molecule has 0 atom stereocenters. The highest BCUT2D eigenvalue weighted by molar-refractivity contribution is 6.44. The van der Waals surface area contributed by atoms with E-state index in [4.69, 9.17) is 32.9 Å². The van der Waals surface area contributed by atoms with Crippen LogP contribution in [0.2, 0.25) is 10.0 Å². The van der Waals surface area contributed by atoms with Crippen molar-refractivity contribution < 1.29 is 9.21 Å². The van der Waals surface area contributed by atoms with E-state index in [0.29, 0.717) is 22.2 Å². The van der Waals surface area contributed by atoms with Crippen molar-refractivity contribution in [2.24, 2.45) is 0 Å². The maximum atomic E-state index is 12.1. The summed E-state index contributed by atoms with van der Waals surface area (Å²) < 4.78 is 5.30. The van der Waals surface area contributed by atoms with Gasteiger partial charge in [0.2, 0.25) is 0 Å².